The van der Waals surface area contributed by atoms with E-state index in [1.165, 1.54) is 5.56 Å². The normalized spacial score (nSPS) is 18.1. The molecule has 0 saturated carbocycles. The number of pyridine rings is 1. The van der Waals surface area contributed by atoms with Gasteiger partial charge in [-0.25, -0.2) is 9.97 Å². The van der Waals surface area contributed by atoms with Gasteiger partial charge in [0.15, 0.2) is 0 Å². The van der Waals surface area contributed by atoms with Crippen molar-refractivity contribution in [1.29, 1.82) is 0 Å². The molecule has 7 nitrogen and oxygen atoms in total. The number of piperidine rings is 1. The van der Waals surface area contributed by atoms with Gasteiger partial charge in [0.05, 0.1) is 11.3 Å². The van der Waals surface area contributed by atoms with Crippen LogP contribution >= 0.6 is 0 Å². The SMILES string of the molecule is CCc1nc(-c2cncnc2[C@H]2CCCN(Cc3cccnc3)C2)no1. The van der Waals surface area contributed by atoms with Crippen LogP contribution < -0.4 is 0 Å². The number of aromatic nitrogens is 5. The van der Waals surface area contributed by atoms with Crippen LogP contribution in [0.1, 0.15) is 42.8 Å². The Kier molecular flexibility index (Phi) is 4.97. The molecule has 0 N–H and O–H groups in total. The molecule has 0 amide bonds. The van der Waals surface area contributed by atoms with Crippen LogP contribution in [0.5, 0.6) is 0 Å². The van der Waals surface area contributed by atoms with E-state index in [1.54, 1.807) is 12.5 Å². The quantitative estimate of drug-likeness (QED) is 0.700. The Balaban J connectivity index is 1.55. The number of nitrogens with zero attached hydrogens (tertiary/aromatic N) is 6. The average Bonchev–Trinajstić information content (AvgIpc) is 3.18. The van der Waals surface area contributed by atoms with E-state index in [-0.39, 0.29) is 0 Å². The molecular formula is C19H22N6O. The van der Waals surface area contributed by atoms with Crippen molar-refractivity contribution in [2.45, 2.75) is 38.6 Å². The van der Waals surface area contributed by atoms with Gasteiger partial charge in [0, 0.05) is 44.0 Å². The first-order valence-corrected chi connectivity index (χ1v) is 9.07. The molecule has 1 atom stereocenters. The Hall–Kier alpha value is -2.67. The molecule has 0 aliphatic carbocycles. The first-order chi connectivity index (χ1) is 12.8. The lowest BCUT2D eigenvalue weighted by atomic mass is 9.91. The summed E-state index contributed by atoms with van der Waals surface area (Å²) in [5.74, 6) is 1.56. The van der Waals surface area contributed by atoms with E-state index in [1.807, 2.05) is 25.4 Å². The summed E-state index contributed by atoms with van der Waals surface area (Å²) in [5.41, 5.74) is 3.13. The van der Waals surface area contributed by atoms with Crippen LogP contribution in [0.2, 0.25) is 0 Å². The Morgan fingerprint density at radius 1 is 1.27 bits per heavy atom. The first-order valence-electron chi connectivity index (χ1n) is 9.07. The van der Waals surface area contributed by atoms with Crippen molar-refractivity contribution in [2.24, 2.45) is 0 Å². The van der Waals surface area contributed by atoms with E-state index < -0.39 is 0 Å². The van der Waals surface area contributed by atoms with Crippen molar-refractivity contribution in [1.82, 2.24) is 30.0 Å². The molecule has 1 saturated heterocycles. The third kappa shape index (κ3) is 3.62. The molecule has 0 radical (unpaired) electrons. The molecular weight excluding hydrogens is 328 g/mol. The zero-order chi connectivity index (χ0) is 17.8. The van der Waals surface area contributed by atoms with Crippen molar-refractivity contribution in [3.63, 3.8) is 0 Å². The molecule has 1 fully saturated rings. The highest BCUT2D eigenvalue weighted by Gasteiger charge is 2.26. The van der Waals surface area contributed by atoms with Gasteiger partial charge >= 0.3 is 0 Å². The number of likely N-dealkylation sites (tertiary alicyclic amines) is 1. The average molecular weight is 350 g/mol. The van der Waals surface area contributed by atoms with E-state index >= 15 is 0 Å². The molecule has 0 unspecified atom stereocenters. The molecule has 4 rings (SSSR count). The molecule has 26 heavy (non-hydrogen) atoms. The predicted molar refractivity (Wildman–Crippen MR) is 96.2 cm³/mol. The second-order valence-corrected chi connectivity index (χ2v) is 6.62. The Labute approximate surface area is 152 Å². The molecule has 134 valence electrons. The van der Waals surface area contributed by atoms with Gasteiger partial charge in [-0.1, -0.05) is 18.1 Å². The van der Waals surface area contributed by atoms with Gasteiger partial charge in [-0.05, 0) is 31.0 Å². The molecule has 7 heteroatoms. The lowest BCUT2D eigenvalue weighted by Crippen LogP contribution is -2.34. The van der Waals surface area contributed by atoms with Crippen LogP contribution in [-0.2, 0) is 13.0 Å². The predicted octanol–water partition coefficient (Wildman–Crippen LogP) is 2.86. The molecule has 0 spiro atoms. The van der Waals surface area contributed by atoms with Gasteiger partial charge in [0.1, 0.15) is 6.33 Å². The van der Waals surface area contributed by atoms with Crippen molar-refractivity contribution < 1.29 is 4.52 Å². The highest BCUT2D eigenvalue weighted by Crippen LogP contribution is 2.32. The van der Waals surface area contributed by atoms with E-state index in [0.29, 0.717) is 17.6 Å². The monoisotopic (exact) mass is 350 g/mol. The van der Waals surface area contributed by atoms with E-state index in [9.17, 15) is 0 Å². The minimum absolute atomic E-state index is 0.335. The summed E-state index contributed by atoms with van der Waals surface area (Å²) in [6.07, 6.45) is 10.1. The maximum Gasteiger partial charge on any atom is 0.226 e. The van der Waals surface area contributed by atoms with Gasteiger partial charge in [0.25, 0.3) is 0 Å². The Morgan fingerprint density at radius 2 is 2.23 bits per heavy atom. The van der Waals surface area contributed by atoms with Crippen molar-refractivity contribution >= 4 is 0 Å². The summed E-state index contributed by atoms with van der Waals surface area (Å²) < 4.78 is 5.28. The van der Waals surface area contributed by atoms with E-state index in [0.717, 1.165) is 50.2 Å². The van der Waals surface area contributed by atoms with Crippen molar-refractivity contribution in [3.05, 3.63) is 54.2 Å². The number of hydrogen-bond donors (Lipinski definition) is 0. The fourth-order valence-electron chi connectivity index (χ4n) is 3.52. The lowest BCUT2D eigenvalue weighted by Gasteiger charge is -2.32. The van der Waals surface area contributed by atoms with Crippen LogP contribution in [0.25, 0.3) is 11.4 Å². The van der Waals surface area contributed by atoms with E-state index in [4.69, 9.17) is 4.52 Å². The highest BCUT2D eigenvalue weighted by molar-refractivity contribution is 5.57. The molecule has 0 aromatic carbocycles. The van der Waals surface area contributed by atoms with Crippen molar-refractivity contribution in [3.8, 4) is 11.4 Å². The minimum atomic E-state index is 0.335. The van der Waals surface area contributed by atoms with Gasteiger partial charge in [0.2, 0.25) is 11.7 Å². The second kappa shape index (κ2) is 7.70. The standard InChI is InChI=1S/C19H22N6O/c1-2-17-23-19(24-26-17)16-10-21-13-22-18(16)15-6-4-8-25(12-15)11-14-5-3-7-20-9-14/h3,5,7,9-10,13,15H,2,4,6,8,11-12H2,1H3/t15-/m0/s1. The van der Waals surface area contributed by atoms with Crippen LogP contribution in [-0.4, -0.2) is 43.1 Å². The summed E-state index contributed by atoms with van der Waals surface area (Å²) in [7, 11) is 0. The van der Waals surface area contributed by atoms with E-state index in [2.05, 4.69) is 36.1 Å². The molecule has 4 heterocycles. The second-order valence-electron chi connectivity index (χ2n) is 6.62. The van der Waals surface area contributed by atoms with Crippen LogP contribution in [0, 0.1) is 0 Å². The number of aryl methyl sites for hydroxylation is 1. The van der Waals surface area contributed by atoms with Crippen molar-refractivity contribution in [2.75, 3.05) is 13.1 Å². The highest BCUT2D eigenvalue weighted by atomic mass is 16.5. The Morgan fingerprint density at radius 3 is 3.04 bits per heavy atom. The zero-order valence-corrected chi connectivity index (χ0v) is 14.9. The number of hydrogen-bond acceptors (Lipinski definition) is 7. The maximum atomic E-state index is 5.28. The molecule has 3 aromatic rings. The van der Waals surface area contributed by atoms with Gasteiger partial charge in [-0.2, -0.15) is 4.98 Å². The molecule has 1 aliphatic heterocycles. The molecule has 0 bridgehead atoms. The maximum absolute atomic E-state index is 5.28. The topological polar surface area (TPSA) is 80.8 Å². The summed E-state index contributed by atoms with van der Waals surface area (Å²) in [6.45, 7) is 4.95. The zero-order valence-electron chi connectivity index (χ0n) is 14.9. The van der Waals surface area contributed by atoms with Crippen LogP contribution in [0.3, 0.4) is 0 Å². The largest absolute Gasteiger partial charge is 0.339 e. The molecule has 1 aliphatic rings. The minimum Gasteiger partial charge on any atom is -0.339 e. The third-order valence-corrected chi connectivity index (χ3v) is 4.78. The number of rotatable bonds is 5. The van der Waals surface area contributed by atoms with Gasteiger partial charge in [-0.3, -0.25) is 9.88 Å². The summed E-state index contributed by atoms with van der Waals surface area (Å²) in [4.78, 5) is 19.9. The van der Waals surface area contributed by atoms with Crippen LogP contribution in [0.4, 0.5) is 0 Å². The third-order valence-electron chi connectivity index (χ3n) is 4.78. The summed E-state index contributed by atoms with van der Waals surface area (Å²) in [5, 5.41) is 4.11. The smallest absolute Gasteiger partial charge is 0.226 e. The van der Waals surface area contributed by atoms with Gasteiger partial charge < -0.3 is 4.52 Å². The fraction of sp³-hybridized carbons (Fsp3) is 0.421. The lowest BCUT2D eigenvalue weighted by molar-refractivity contribution is 0.198. The first kappa shape index (κ1) is 16.8. The van der Waals surface area contributed by atoms with Crippen LogP contribution in [0.15, 0.2) is 41.6 Å². The molecule has 3 aromatic heterocycles. The summed E-state index contributed by atoms with van der Waals surface area (Å²) in [6, 6.07) is 4.11. The Bertz CT molecular complexity index is 850. The summed E-state index contributed by atoms with van der Waals surface area (Å²) >= 11 is 0. The fourth-order valence-corrected chi connectivity index (χ4v) is 3.52. The van der Waals surface area contributed by atoms with Gasteiger partial charge in [-0.15, -0.1) is 0 Å².